The zero-order valence-electron chi connectivity index (χ0n) is 12.0. The second-order valence-electron chi connectivity index (χ2n) is 5.66. The summed E-state index contributed by atoms with van der Waals surface area (Å²) in [7, 11) is 0. The minimum Gasteiger partial charge on any atom is -0.382 e. The summed E-state index contributed by atoms with van der Waals surface area (Å²) >= 11 is 0. The van der Waals surface area contributed by atoms with Crippen LogP contribution in [0.25, 0.3) is 5.52 Å². The first-order valence-electron chi connectivity index (χ1n) is 6.37. The summed E-state index contributed by atoms with van der Waals surface area (Å²) in [5.41, 5.74) is 7.58. The Balaban J connectivity index is 2.58. The SMILES string of the molecule is C=CCc1c(C(=O)NC(C)(C)C)cn2ncnc(N)c12. The smallest absolute Gasteiger partial charge is 0.253 e. The Morgan fingerprint density at radius 3 is 2.85 bits per heavy atom. The van der Waals surface area contributed by atoms with Crippen LogP contribution in [0.4, 0.5) is 5.82 Å². The van der Waals surface area contributed by atoms with E-state index in [1.165, 1.54) is 6.33 Å². The van der Waals surface area contributed by atoms with Crippen LogP contribution < -0.4 is 11.1 Å². The van der Waals surface area contributed by atoms with E-state index in [-0.39, 0.29) is 11.4 Å². The monoisotopic (exact) mass is 273 g/mol. The molecule has 2 aromatic heterocycles. The average molecular weight is 273 g/mol. The lowest BCUT2D eigenvalue weighted by Gasteiger charge is -2.20. The minimum atomic E-state index is -0.312. The molecule has 0 unspecified atom stereocenters. The van der Waals surface area contributed by atoms with E-state index in [0.717, 1.165) is 5.56 Å². The molecule has 0 aliphatic heterocycles. The van der Waals surface area contributed by atoms with Gasteiger partial charge in [0.1, 0.15) is 11.8 Å². The topological polar surface area (TPSA) is 85.3 Å². The number of carbonyl (C=O) groups excluding carboxylic acids is 1. The minimum absolute atomic E-state index is 0.153. The molecule has 0 bridgehead atoms. The van der Waals surface area contributed by atoms with Gasteiger partial charge in [0.25, 0.3) is 5.91 Å². The number of hydrogen-bond acceptors (Lipinski definition) is 4. The van der Waals surface area contributed by atoms with Crippen LogP contribution in [0.2, 0.25) is 0 Å². The van der Waals surface area contributed by atoms with Crippen molar-refractivity contribution in [2.45, 2.75) is 32.7 Å². The van der Waals surface area contributed by atoms with Gasteiger partial charge in [-0.1, -0.05) is 6.08 Å². The van der Waals surface area contributed by atoms with Gasteiger partial charge >= 0.3 is 0 Å². The number of carbonyl (C=O) groups is 1. The molecule has 0 aliphatic rings. The van der Waals surface area contributed by atoms with Crippen LogP contribution in [-0.4, -0.2) is 26.0 Å². The normalized spacial score (nSPS) is 11.6. The number of nitrogens with one attached hydrogen (secondary N) is 1. The lowest BCUT2D eigenvalue weighted by atomic mass is 10.0. The van der Waals surface area contributed by atoms with E-state index in [1.54, 1.807) is 16.8 Å². The highest BCUT2D eigenvalue weighted by Crippen LogP contribution is 2.23. The van der Waals surface area contributed by atoms with Crippen molar-refractivity contribution in [2.75, 3.05) is 5.73 Å². The van der Waals surface area contributed by atoms with E-state index in [9.17, 15) is 4.79 Å². The molecule has 0 spiro atoms. The molecule has 6 heteroatoms. The van der Waals surface area contributed by atoms with Gasteiger partial charge in [0.2, 0.25) is 0 Å². The highest BCUT2D eigenvalue weighted by atomic mass is 16.1. The van der Waals surface area contributed by atoms with Gasteiger partial charge < -0.3 is 11.1 Å². The molecule has 2 rings (SSSR count). The lowest BCUT2D eigenvalue weighted by molar-refractivity contribution is 0.0919. The Morgan fingerprint density at radius 1 is 1.55 bits per heavy atom. The van der Waals surface area contributed by atoms with Crippen molar-refractivity contribution < 1.29 is 4.79 Å². The molecule has 6 nitrogen and oxygen atoms in total. The molecular weight excluding hydrogens is 254 g/mol. The quantitative estimate of drug-likeness (QED) is 0.831. The molecule has 0 aromatic carbocycles. The van der Waals surface area contributed by atoms with E-state index in [1.807, 2.05) is 20.8 Å². The maximum absolute atomic E-state index is 12.4. The fourth-order valence-electron chi connectivity index (χ4n) is 2.05. The first kappa shape index (κ1) is 14.0. The highest BCUT2D eigenvalue weighted by molar-refractivity contribution is 5.99. The number of anilines is 1. The molecule has 20 heavy (non-hydrogen) atoms. The predicted octanol–water partition coefficient (Wildman–Crippen LogP) is 1.57. The van der Waals surface area contributed by atoms with Gasteiger partial charge in [-0.05, 0) is 32.8 Å². The maximum Gasteiger partial charge on any atom is 0.253 e. The summed E-state index contributed by atoms with van der Waals surface area (Å²) < 4.78 is 1.58. The Hall–Kier alpha value is -2.37. The molecule has 0 saturated heterocycles. The largest absolute Gasteiger partial charge is 0.382 e. The number of nitrogens with two attached hydrogens (primary N) is 1. The summed E-state index contributed by atoms with van der Waals surface area (Å²) in [6.45, 7) is 9.52. The Bertz CT molecular complexity index is 666. The molecule has 3 N–H and O–H groups in total. The number of allylic oxidation sites excluding steroid dienone is 1. The number of amides is 1. The summed E-state index contributed by atoms with van der Waals surface area (Å²) in [6.07, 6.45) is 5.30. The molecular formula is C14H19N5O. The first-order valence-corrected chi connectivity index (χ1v) is 6.37. The average Bonchev–Trinajstić information content (AvgIpc) is 2.68. The van der Waals surface area contributed by atoms with Crippen molar-refractivity contribution in [3.05, 3.63) is 36.3 Å². The fraction of sp³-hybridized carbons (Fsp3) is 0.357. The van der Waals surface area contributed by atoms with Crippen molar-refractivity contribution in [1.29, 1.82) is 0 Å². The van der Waals surface area contributed by atoms with Gasteiger partial charge in [-0.15, -0.1) is 6.58 Å². The third-order valence-electron chi connectivity index (χ3n) is 2.79. The summed E-state index contributed by atoms with van der Waals surface area (Å²) in [6, 6.07) is 0. The lowest BCUT2D eigenvalue weighted by Crippen LogP contribution is -2.40. The van der Waals surface area contributed by atoms with Crippen molar-refractivity contribution in [3.63, 3.8) is 0 Å². The van der Waals surface area contributed by atoms with Gasteiger partial charge in [0.15, 0.2) is 5.82 Å². The Kier molecular flexibility index (Phi) is 3.48. The second kappa shape index (κ2) is 4.96. The van der Waals surface area contributed by atoms with Crippen LogP contribution in [-0.2, 0) is 6.42 Å². The standard InChI is InChI=1S/C14H19N5O/c1-5-6-9-10(13(20)18-14(2,3)4)7-19-11(9)12(15)16-8-17-19/h5,7-8H,1,6H2,2-4H3,(H,18,20)(H2,15,16,17). The number of hydrogen-bond donors (Lipinski definition) is 2. The third-order valence-corrected chi connectivity index (χ3v) is 2.79. The molecule has 0 aliphatic carbocycles. The van der Waals surface area contributed by atoms with E-state index < -0.39 is 0 Å². The van der Waals surface area contributed by atoms with E-state index >= 15 is 0 Å². The van der Waals surface area contributed by atoms with Crippen LogP contribution >= 0.6 is 0 Å². The molecule has 0 radical (unpaired) electrons. The first-order chi connectivity index (χ1) is 9.33. The van der Waals surface area contributed by atoms with Crippen LogP contribution in [0.15, 0.2) is 25.2 Å². The van der Waals surface area contributed by atoms with Crippen molar-refractivity contribution in [2.24, 2.45) is 0 Å². The number of nitrogen functional groups attached to an aromatic ring is 1. The van der Waals surface area contributed by atoms with Crippen molar-refractivity contribution >= 4 is 17.2 Å². The molecule has 2 aromatic rings. The van der Waals surface area contributed by atoms with E-state index in [0.29, 0.717) is 23.3 Å². The second-order valence-corrected chi connectivity index (χ2v) is 5.66. The van der Waals surface area contributed by atoms with Gasteiger partial charge in [-0.2, -0.15) is 5.10 Å². The summed E-state index contributed by atoms with van der Waals surface area (Å²) in [4.78, 5) is 16.4. The number of rotatable bonds is 3. The van der Waals surface area contributed by atoms with Gasteiger partial charge in [0, 0.05) is 11.7 Å². The summed E-state index contributed by atoms with van der Waals surface area (Å²) in [5, 5.41) is 7.03. The summed E-state index contributed by atoms with van der Waals surface area (Å²) in [5.74, 6) is 0.200. The zero-order chi connectivity index (χ0) is 14.9. The van der Waals surface area contributed by atoms with Crippen LogP contribution in [0.3, 0.4) is 0 Å². The highest BCUT2D eigenvalue weighted by Gasteiger charge is 2.22. The molecule has 2 heterocycles. The van der Waals surface area contributed by atoms with E-state index in [4.69, 9.17) is 5.73 Å². The van der Waals surface area contributed by atoms with Gasteiger partial charge in [-0.25, -0.2) is 9.50 Å². The molecule has 1 amide bonds. The van der Waals surface area contributed by atoms with Gasteiger partial charge in [-0.3, -0.25) is 4.79 Å². The third kappa shape index (κ3) is 2.64. The molecule has 0 atom stereocenters. The van der Waals surface area contributed by atoms with Gasteiger partial charge in [0.05, 0.1) is 5.56 Å². The van der Waals surface area contributed by atoms with Crippen molar-refractivity contribution in [3.8, 4) is 0 Å². The van der Waals surface area contributed by atoms with Crippen LogP contribution in [0.1, 0.15) is 36.7 Å². The molecule has 106 valence electrons. The Labute approximate surface area is 117 Å². The predicted molar refractivity (Wildman–Crippen MR) is 78.5 cm³/mol. The van der Waals surface area contributed by atoms with Crippen LogP contribution in [0, 0.1) is 0 Å². The number of aromatic nitrogens is 3. The van der Waals surface area contributed by atoms with Crippen molar-refractivity contribution in [1.82, 2.24) is 19.9 Å². The fourth-order valence-corrected chi connectivity index (χ4v) is 2.05. The molecule has 0 fully saturated rings. The number of fused-ring (bicyclic) bond motifs is 1. The van der Waals surface area contributed by atoms with Crippen LogP contribution in [0.5, 0.6) is 0 Å². The Morgan fingerprint density at radius 2 is 2.25 bits per heavy atom. The maximum atomic E-state index is 12.4. The van der Waals surface area contributed by atoms with E-state index in [2.05, 4.69) is 22.0 Å². The zero-order valence-corrected chi connectivity index (χ0v) is 12.0. The molecule has 0 saturated carbocycles. The number of nitrogens with zero attached hydrogens (tertiary/aromatic N) is 3.